The summed E-state index contributed by atoms with van der Waals surface area (Å²) in [5, 5.41) is 0.486. The van der Waals surface area contributed by atoms with Crippen molar-refractivity contribution in [1.82, 2.24) is 4.98 Å². The number of benzene rings is 1. The van der Waals surface area contributed by atoms with Gasteiger partial charge < -0.3 is 0 Å². The Balaban J connectivity index is 2.49. The van der Waals surface area contributed by atoms with Crippen LogP contribution in [0.15, 0.2) is 43.1 Å². The summed E-state index contributed by atoms with van der Waals surface area (Å²) in [6.07, 6.45) is 3.37. The molecule has 0 bridgehead atoms. The lowest BCUT2D eigenvalue weighted by atomic mass is 10.1. The van der Waals surface area contributed by atoms with Crippen LogP contribution in [-0.4, -0.2) is 4.98 Å². The van der Waals surface area contributed by atoms with Crippen molar-refractivity contribution < 1.29 is 4.39 Å². The van der Waals surface area contributed by atoms with Crippen molar-refractivity contribution >= 4 is 17.7 Å². The average Bonchev–Trinajstić information content (AvgIpc) is 2.32. The van der Waals surface area contributed by atoms with E-state index in [1.54, 1.807) is 18.3 Å². The molecule has 0 unspecified atom stereocenters. The van der Waals surface area contributed by atoms with E-state index in [1.807, 2.05) is 6.07 Å². The molecule has 0 amide bonds. The molecular formula is C13H9ClFN. The molecule has 80 valence electrons. The first-order valence-electron chi connectivity index (χ1n) is 4.74. The van der Waals surface area contributed by atoms with E-state index in [9.17, 15) is 4.39 Å². The van der Waals surface area contributed by atoms with E-state index >= 15 is 0 Å². The summed E-state index contributed by atoms with van der Waals surface area (Å²) in [4.78, 5) is 4.20. The van der Waals surface area contributed by atoms with Gasteiger partial charge in [0.2, 0.25) is 0 Å². The first-order valence-corrected chi connectivity index (χ1v) is 5.12. The number of rotatable bonds is 2. The van der Waals surface area contributed by atoms with Gasteiger partial charge in [-0.25, -0.2) is 4.39 Å². The lowest BCUT2D eigenvalue weighted by Gasteiger charge is -2.04. The maximum Gasteiger partial charge on any atom is 0.123 e. The van der Waals surface area contributed by atoms with Crippen molar-refractivity contribution in [1.29, 1.82) is 0 Å². The normalized spacial score (nSPS) is 10.1. The number of pyridine rings is 1. The standard InChI is InChI=1S/C13H9ClFN/c1-2-9-3-6-13(16-8-9)11-7-10(15)4-5-12(11)14/h2-8H,1H2. The minimum Gasteiger partial charge on any atom is -0.256 e. The van der Waals surface area contributed by atoms with E-state index < -0.39 is 0 Å². The van der Waals surface area contributed by atoms with Gasteiger partial charge in [-0.2, -0.15) is 0 Å². The first-order chi connectivity index (χ1) is 7.70. The minimum atomic E-state index is -0.325. The van der Waals surface area contributed by atoms with Gasteiger partial charge in [0.25, 0.3) is 0 Å². The molecule has 16 heavy (non-hydrogen) atoms. The van der Waals surface area contributed by atoms with Gasteiger partial charge in [-0.1, -0.05) is 30.3 Å². The van der Waals surface area contributed by atoms with Crippen LogP contribution in [-0.2, 0) is 0 Å². The summed E-state index contributed by atoms with van der Waals surface area (Å²) < 4.78 is 13.1. The molecule has 0 saturated heterocycles. The van der Waals surface area contributed by atoms with Gasteiger partial charge in [0.1, 0.15) is 5.82 Å². The molecule has 0 saturated carbocycles. The van der Waals surface area contributed by atoms with Crippen molar-refractivity contribution in [3.8, 4) is 11.3 Å². The number of halogens is 2. The third kappa shape index (κ3) is 2.12. The highest BCUT2D eigenvalue weighted by Crippen LogP contribution is 2.27. The van der Waals surface area contributed by atoms with Crippen LogP contribution in [0.3, 0.4) is 0 Å². The quantitative estimate of drug-likeness (QED) is 0.758. The first kappa shape index (κ1) is 10.8. The van der Waals surface area contributed by atoms with E-state index in [2.05, 4.69) is 11.6 Å². The molecule has 2 aromatic rings. The summed E-state index contributed by atoms with van der Waals surface area (Å²) in [6.45, 7) is 3.64. The Labute approximate surface area is 98.2 Å². The summed E-state index contributed by atoms with van der Waals surface area (Å²) in [6, 6.07) is 7.87. The van der Waals surface area contributed by atoms with E-state index in [4.69, 9.17) is 11.6 Å². The van der Waals surface area contributed by atoms with E-state index in [-0.39, 0.29) is 5.82 Å². The molecule has 0 atom stereocenters. The fraction of sp³-hybridized carbons (Fsp3) is 0. The maximum atomic E-state index is 13.1. The van der Waals surface area contributed by atoms with Crippen molar-refractivity contribution in [2.24, 2.45) is 0 Å². The molecule has 1 aromatic heterocycles. The molecule has 0 aliphatic carbocycles. The third-order valence-corrected chi connectivity index (χ3v) is 2.56. The fourth-order valence-corrected chi connectivity index (χ4v) is 1.59. The summed E-state index contributed by atoms with van der Waals surface area (Å²) in [5.41, 5.74) is 2.16. The largest absolute Gasteiger partial charge is 0.256 e. The smallest absolute Gasteiger partial charge is 0.123 e. The Morgan fingerprint density at radius 1 is 1.25 bits per heavy atom. The molecule has 1 aromatic carbocycles. The molecule has 1 nitrogen and oxygen atoms in total. The van der Waals surface area contributed by atoms with E-state index in [0.717, 1.165) is 5.56 Å². The van der Waals surface area contributed by atoms with Gasteiger partial charge in [0.05, 0.1) is 10.7 Å². The Kier molecular flexibility index (Phi) is 3.02. The molecule has 0 fully saturated rings. The van der Waals surface area contributed by atoms with Gasteiger partial charge in [0, 0.05) is 11.8 Å². The Morgan fingerprint density at radius 3 is 2.69 bits per heavy atom. The highest BCUT2D eigenvalue weighted by Gasteiger charge is 2.05. The summed E-state index contributed by atoms with van der Waals surface area (Å²) in [7, 11) is 0. The van der Waals surface area contributed by atoms with Gasteiger partial charge in [-0.05, 0) is 29.8 Å². The minimum absolute atomic E-state index is 0.325. The van der Waals surface area contributed by atoms with E-state index in [1.165, 1.54) is 18.2 Å². The number of aromatic nitrogens is 1. The Morgan fingerprint density at radius 2 is 2.06 bits per heavy atom. The Bertz CT molecular complexity index is 520. The molecular weight excluding hydrogens is 225 g/mol. The van der Waals surface area contributed by atoms with Crippen LogP contribution < -0.4 is 0 Å². The number of nitrogens with zero attached hydrogens (tertiary/aromatic N) is 1. The molecule has 0 spiro atoms. The third-order valence-electron chi connectivity index (χ3n) is 2.23. The fourth-order valence-electron chi connectivity index (χ4n) is 1.38. The van der Waals surface area contributed by atoms with Crippen LogP contribution in [0.2, 0.25) is 5.02 Å². The zero-order valence-corrected chi connectivity index (χ0v) is 9.21. The summed E-state index contributed by atoms with van der Waals surface area (Å²) >= 11 is 5.98. The molecule has 0 aliphatic rings. The topological polar surface area (TPSA) is 12.9 Å². The highest BCUT2D eigenvalue weighted by atomic mass is 35.5. The number of hydrogen-bond donors (Lipinski definition) is 0. The lowest BCUT2D eigenvalue weighted by Crippen LogP contribution is -1.86. The van der Waals surface area contributed by atoms with Crippen LogP contribution in [0.1, 0.15) is 5.56 Å². The highest BCUT2D eigenvalue weighted by molar-refractivity contribution is 6.33. The summed E-state index contributed by atoms with van der Waals surface area (Å²) in [5.74, 6) is -0.325. The van der Waals surface area contributed by atoms with Crippen LogP contribution in [0.4, 0.5) is 4.39 Å². The van der Waals surface area contributed by atoms with Crippen LogP contribution >= 0.6 is 11.6 Å². The molecule has 0 radical (unpaired) electrons. The van der Waals surface area contributed by atoms with Gasteiger partial charge in [0.15, 0.2) is 0 Å². The second-order valence-corrected chi connectivity index (χ2v) is 3.71. The van der Waals surface area contributed by atoms with Crippen molar-refractivity contribution in [2.75, 3.05) is 0 Å². The van der Waals surface area contributed by atoms with Gasteiger partial charge >= 0.3 is 0 Å². The average molecular weight is 234 g/mol. The zero-order chi connectivity index (χ0) is 11.5. The van der Waals surface area contributed by atoms with Crippen molar-refractivity contribution in [3.05, 3.63) is 59.5 Å². The van der Waals surface area contributed by atoms with Crippen LogP contribution in [0, 0.1) is 5.82 Å². The second-order valence-electron chi connectivity index (χ2n) is 3.31. The molecule has 0 N–H and O–H groups in total. The van der Waals surface area contributed by atoms with Crippen LogP contribution in [0.5, 0.6) is 0 Å². The van der Waals surface area contributed by atoms with Crippen LogP contribution in [0.25, 0.3) is 17.3 Å². The molecule has 0 aliphatic heterocycles. The molecule has 3 heteroatoms. The predicted octanol–water partition coefficient (Wildman–Crippen LogP) is 4.18. The van der Waals surface area contributed by atoms with Crippen molar-refractivity contribution in [3.63, 3.8) is 0 Å². The molecule has 1 heterocycles. The maximum absolute atomic E-state index is 13.1. The lowest BCUT2D eigenvalue weighted by molar-refractivity contribution is 0.628. The monoisotopic (exact) mass is 233 g/mol. The second kappa shape index (κ2) is 4.45. The van der Waals surface area contributed by atoms with Gasteiger partial charge in [-0.15, -0.1) is 0 Å². The predicted molar refractivity (Wildman–Crippen MR) is 64.7 cm³/mol. The zero-order valence-electron chi connectivity index (χ0n) is 8.45. The SMILES string of the molecule is C=Cc1ccc(-c2cc(F)ccc2Cl)nc1. The van der Waals surface area contributed by atoms with Crippen molar-refractivity contribution in [2.45, 2.75) is 0 Å². The Hall–Kier alpha value is -1.67. The van der Waals surface area contributed by atoms with Gasteiger partial charge in [-0.3, -0.25) is 4.98 Å². The number of hydrogen-bond acceptors (Lipinski definition) is 1. The van der Waals surface area contributed by atoms with E-state index in [0.29, 0.717) is 16.3 Å². The molecule has 2 rings (SSSR count).